The summed E-state index contributed by atoms with van der Waals surface area (Å²) in [6.07, 6.45) is -0.642. The van der Waals surface area contributed by atoms with E-state index in [0.717, 1.165) is 17.0 Å². The molecule has 0 amide bonds. The summed E-state index contributed by atoms with van der Waals surface area (Å²) in [6, 6.07) is 9.37. The van der Waals surface area contributed by atoms with Crippen molar-refractivity contribution < 1.29 is 14.6 Å². The van der Waals surface area contributed by atoms with Crippen LogP contribution in [0, 0.1) is 0 Å². The molecule has 6 nitrogen and oxygen atoms in total. The topological polar surface area (TPSA) is 75.1 Å². The van der Waals surface area contributed by atoms with Gasteiger partial charge in [0.1, 0.15) is 6.10 Å². The fourth-order valence-electron chi connectivity index (χ4n) is 2.40. The predicted molar refractivity (Wildman–Crippen MR) is 111 cm³/mol. The summed E-state index contributed by atoms with van der Waals surface area (Å²) in [5.41, 5.74) is 1.00. The summed E-state index contributed by atoms with van der Waals surface area (Å²) in [6.45, 7) is 6.03. The number of guanidine groups is 1. The van der Waals surface area contributed by atoms with Crippen LogP contribution < -0.4 is 20.1 Å². The number of thiophene rings is 1. The summed E-state index contributed by atoms with van der Waals surface area (Å²) >= 11 is 7.29. The molecule has 0 aliphatic rings. The molecule has 0 bridgehead atoms. The van der Waals surface area contributed by atoms with E-state index < -0.39 is 6.10 Å². The lowest BCUT2D eigenvalue weighted by Gasteiger charge is -2.15. The number of hydrogen-bond acceptors (Lipinski definition) is 5. The molecule has 0 spiro atoms. The molecule has 0 fully saturated rings. The van der Waals surface area contributed by atoms with Gasteiger partial charge in [0.15, 0.2) is 17.5 Å². The van der Waals surface area contributed by atoms with Gasteiger partial charge in [-0.1, -0.05) is 17.7 Å². The number of aliphatic imine (C=N–C) groups is 1. The van der Waals surface area contributed by atoms with E-state index in [1.165, 1.54) is 11.3 Å². The number of aliphatic hydroxyl groups excluding tert-OH is 1. The van der Waals surface area contributed by atoms with Crippen LogP contribution in [0.1, 0.15) is 30.4 Å². The SMILES string of the molecule is CCNC(=NCc1ccc(OC)c(OCC)c1)NCC(O)c1ccc(Cl)s1. The fraction of sp³-hybridized carbons (Fsp3) is 0.421. The number of ether oxygens (including phenoxy) is 2. The van der Waals surface area contributed by atoms with E-state index in [0.29, 0.717) is 41.5 Å². The summed E-state index contributed by atoms with van der Waals surface area (Å²) in [7, 11) is 1.62. The van der Waals surface area contributed by atoms with Gasteiger partial charge in [-0.05, 0) is 43.7 Å². The highest BCUT2D eigenvalue weighted by Gasteiger charge is 2.11. The number of hydrogen-bond donors (Lipinski definition) is 3. The molecule has 2 rings (SSSR count). The second-order valence-corrected chi connectivity index (χ2v) is 7.40. The number of rotatable bonds is 9. The molecule has 1 heterocycles. The maximum atomic E-state index is 10.3. The van der Waals surface area contributed by atoms with E-state index in [9.17, 15) is 5.11 Å². The van der Waals surface area contributed by atoms with E-state index in [1.54, 1.807) is 13.2 Å². The zero-order chi connectivity index (χ0) is 19.6. The Bertz CT molecular complexity index is 752. The van der Waals surface area contributed by atoms with Crippen LogP contribution in [-0.2, 0) is 6.54 Å². The first-order chi connectivity index (χ1) is 13.1. The van der Waals surface area contributed by atoms with Crippen molar-refractivity contribution in [2.45, 2.75) is 26.5 Å². The highest BCUT2D eigenvalue weighted by molar-refractivity contribution is 7.16. The molecule has 8 heteroatoms. The van der Waals surface area contributed by atoms with E-state index in [-0.39, 0.29) is 0 Å². The zero-order valence-corrected chi connectivity index (χ0v) is 17.4. The first kappa shape index (κ1) is 21.3. The molecule has 1 aromatic carbocycles. The quantitative estimate of drug-likeness (QED) is 0.434. The van der Waals surface area contributed by atoms with Crippen molar-refractivity contribution in [3.05, 3.63) is 45.1 Å². The Hall–Kier alpha value is -1.96. The number of halogens is 1. The smallest absolute Gasteiger partial charge is 0.191 e. The molecule has 0 radical (unpaired) electrons. The summed E-state index contributed by atoms with van der Waals surface area (Å²) < 4.78 is 11.6. The maximum Gasteiger partial charge on any atom is 0.191 e. The van der Waals surface area contributed by atoms with Crippen LogP contribution in [0.5, 0.6) is 11.5 Å². The number of nitrogens with zero attached hydrogens (tertiary/aromatic N) is 1. The van der Waals surface area contributed by atoms with Crippen LogP contribution >= 0.6 is 22.9 Å². The standard InChI is InChI=1S/C19H26ClN3O3S/c1-4-21-19(23-12-14(24)17-8-9-18(20)27-17)22-11-13-6-7-15(25-3)16(10-13)26-5-2/h6-10,14,24H,4-5,11-12H2,1-3H3,(H2,21,22,23). The number of aliphatic hydroxyl groups is 1. The molecule has 1 unspecified atom stereocenters. The largest absolute Gasteiger partial charge is 0.493 e. The average Bonchev–Trinajstić information content (AvgIpc) is 3.10. The van der Waals surface area contributed by atoms with Gasteiger partial charge in [0.05, 0.1) is 24.6 Å². The van der Waals surface area contributed by atoms with E-state index in [4.69, 9.17) is 21.1 Å². The Morgan fingerprint density at radius 3 is 2.67 bits per heavy atom. The van der Waals surface area contributed by atoms with Gasteiger partial charge in [-0.25, -0.2) is 4.99 Å². The normalized spacial score (nSPS) is 12.6. The average molecular weight is 412 g/mol. The van der Waals surface area contributed by atoms with Crippen molar-refractivity contribution in [2.75, 3.05) is 26.8 Å². The van der Waals surface area contributed by atoms with Gasteiger partial charge in [0, 0.05) is 18.0 Å². The Kier molecular flexibility index (Phi) is 8.71. The van der Waals surface area contributed by atoms with Crippen LogP contribution in [0.15, 0.2) is 35.3 Å². The minimum atomic E-state index is -0.642. The zero-order valence-electron chi connectivity index (χ0n) is 15.8. The molecule has 0 aliphatic heterocycles. The second-order valence-electron chi connectivity index (χ2n) is 5.65. The number of nitrogens with one attached hydrogen (secondary N) is 2. The summed E-state index contributed by atoms with van der Waals surface area (Å²) in [5.74, 6) is 2.04. The second kappa shape index (κ2) is 11.0. The third kappa shape index (κ3) is 6.61. The molecule has 1 atom stereocenters. The predicted octanol–water partition coefficient (Wildman–Crippen LogP) is 3.60. The van der Waals surface area contributed by atoms with Gasteiger partial charge < -0.3 is 25.2 Å². The molecule has 0 saturated heterocycles. The summed E-state index contributed by atoms with van der Waals surface area (Å²) in [4.78, 5) is 5.39. The Morgan fingerprint density at radius 1 is 1.22 bits per heavy atom. The third-order valence-corrected chi connectivity index (χ3v) is 5.01. The fourth-order valence-corrected chi connectivity index (χ4v) is 3.45. The Morgan fingerprint density at radius 2 is 2.04 bits per heavy atom. The van der Waals surface area contributed by atoms with Gasteiger partial charge >= 0.3 is 0 Å². The van der Waals surface area contributed by atoms with E-state index >= 15 is 0 Å². The lowest BCUT2D eigenvalue weighted by Crippen LogP contribution is -2.39. The van der Waals surface area contributed by atoms with Crippen LogP contribution in [-0.4, -0.2) is 37.9 Å². The molecule has 3 N–H and O–H groups in total. The van der Waals surface area contributed by atoms with Crippen molar-refractivity contribution in [3.8, 4) is 11.5 Å². The van der Waals surface area contributed by atoms with Crippen molar-refractivity contribution in [1.29, 1.82) is 0 Å². The van der Waals surface area contributed by atoms with Gasteiger partial charge in [-0.15, -0.1) is 11.3 Å². The van der Waals surface area contributed by atoms with Crippen molar-refractivity contribution in [3.63, 3.8) is 0 Å². The first-order valence-corrected chi connectivity index (χ1v) is 10.0. The molecule has 148 valence electrons. The molecular weight excluding hydrogens is 386 g/mol. The summed E-state index contributed by atoms with van der Waals surface area (Å²) in [5, 5.41) is 16.6. The molecule has 2 aromatic rings. The molecule has 0 aliphatic carbocycles. The van der Waals surface area contributed by atoms with Crippen LogP contribution in [0.25, 0.3) is 0 Å². The van der Waals surface area contributed by atoms with E-state index in [1.807, 2.05) is 38.1 Å². The van der Waals surface area contributed by atoms with Crippen LogP contribution in [0.4, 0.5) is 0 Å². The van der Waals surface area contributed by atoms with Gasteiger partial charge in [0.2, 0.25) is 0 Å². The maximum absolute atomic E-state index is 10.3. The Labute approximate surface area is 169 Å². The Balaban J connectivity index is 2.01. The van der Waals surface area contributed by atoms with Crippen LogP contribution in [0.3, 0.4) is 0 Å². The lowest BCUT2D eigenvalue weighted by molar-refractivity contribution is 0.184. The highest BCUT2D eigenvalue weighted by atomic mass is 35.5. The molecule has 27 heavy (non-hydrogen) atoms. The minimum absolute atomic E-state index is 0.343. The lowest BCUT2D eigenvalue weighted by atomic mass is 10.2. The number of methoxy groups -OCH3 is 1. The molecule has 1 aromatic heterocycles. The third-order valence-electron chi connectivity index (χ3n) is 3.68. The van der Waals surface area contributed by atoms with Crippen molar-refractivity contribution in [2.24, 2.45) is 4.99 Å². The monoisotopic (exact) mass is 411 g/mol. The molecular formula is C19H26ClN3O3S. The first-order valence-electron chi connectivity index (χ1n) is 8.82. The van der Waals surface area contributed by atoms with Crippen LogP contribution in [0.2, 0.25) is 4.34 Å². The van der Waals surface area contributed by atoms with Gasteiger partial charge in [-0.2, -0.15) is 0 Å². The molecule has 0 saturated carbocycles. The van der Waals surface area contributed by atoms with Gasteiger partial charge in [-0.3, -0.25) is 0 Å². The number of benzene rings is 1. The van der Waals surface area contributed by atoms with Gasteiger partial charge in [0.25, 0.3) is 0 Å². The van der Waals surface area contributed by atoms with Crippen molar-refractivity contribution >= 4 is 28.9 Å². The van der Waals surface area contributed by atoms with E-state index in [2.05, 4.69) is 15.6 Å². The minimum Gasteiger partial charge on any atom is -0.493 e. The van der Waals surface area contributed by atoms with Crippen molar-refractivity contribution in [1.82, 2.24) is 10.6 Å². The highest BCUT2D eigenvalue weighted by Crippen LogP contribution is 2.28.